The molecule has 1 aromatic rings. The Balaban J connectivity index is 1.85. The van der Waals surface area contributed by atoms with Crippen molar-refractivity contribution in [3.05, 3.63) is 35.4 Å². The Morgan fingerprint density at radius 3 is 2.75 bits per heavy atom. The average molecular weight is 443 g/mol. The number of carbonyl (C=O) groups is 1. The summed E-state index contributed by atoms with van der Waals surface area (Å²) in [6, 6.07) is 8.66. The van der Waals surface area contributed by atoms with Gasteiger partial charge in [0.15, 0.2) is 0 Å². The van der Waals surface area contributed by atoms with Crippen molar-refractivity contribution in [1.82, 2.24) is 16.1 Å². The van der Waals surface area contributed by atoms with Crippen molar-refractivity contribution in [3.63, 3.8) is 0 Å². The van der Waals surface area contributed by atoms with Gasteiger partial charge < -0.3 is 21.2 Å². The van der Waals surface area contributed by atoms with E-state index in [1.165, 1.54) is 23.8 Å². The molecule has 4 atom stereocenters. The van der Waals surface area contributed by atoms with Gasteiger partial charge in [0, 0.05) is 37.2 Å². The molecule has 178 valence electrons. The van der Waals surface area contributed by atoms with E-state index in [0.29, 0.717) is 18.4 Å². The molecule has 0 aromatic heterocycles. The number of rotatable bonds is 8. The smallest absolute Gasteiger partial charge is 0.217 e. The van der Waals surface area contributed by atoms with Crippen LogP contribution < -0.4 is 16.1 Å². The zero-order chi connectivity index (χ0) is 23.5. The molecule has 1 amide bonds. The number of benzene rings is 1. The van der Waals surface area contributed by atoms with E-state index in [9.17, 15) is 9.90 Å². The maximum atomic E-state index is 11.7. The highest BCUT2D eigenvalue weighted by Gasteiger charge is 2.42. The fourth-order valence-electron chi connectivity index (χ4n) is 5.11. The molecule has 1 aromatic carbocycles. The van der Waals surface area contributed by atoms with Gasteiger partial charge in [-0.05, 0) is 48.1 Å². The van der Waals surface area contributed by atoms with Gasteiger partial charge in [-0.3, -0.25) is 4.79 Å². The third-order valence-electron chi connectivity index (χ3n) is 6.94. The first-order chi connectivity index (χ1) is 15.0. The highest BCUT2D eigenvalue weighted by Crippen LogP contribution is 2.41. The number of hydrogen-bond donors (Lipinski definition) is 4. The molecular weight excluding hydrogens is 400 g/mol. The highest BCUT2D eigenvalue weighted by atomic mass is 16.3. The van der Waals surface area contributed by atoms with E-state index in [4.69, 9.17) is 0 Å². The van der Waals surface area contributed by atoms with Gasteiger partial charge in [-0.2, -0.15) is 5.10 Å². The van der Waals surface area contributed by atoms with Crippen LogP contribution in [0.15, 0.2) is 29.4 Å². The minimum atomic E-state index is -0.652. The molecule has 1 heterocycles. The fraction of sp³-hybridized carbons (Fsp3) is 0.692. The van der Waals surface area contributed by atoms with Crippen molar-refractivity contribution in [2.75, 3.05) is 13.1 Å². The standard InChI is InChI=1S/C26H42N4O2/c1-17(2)12-23(29-18(3)31)24(32)16-27-26(11-10-22-19(14-26)15-28-30-22)21-9-7-8-20(13-21)25(4,5)6/h7-9,13,17,19,23-24,27-28,32H,10-12,14-16H2,1-6H3,(H,29,31). The van der Waals surface area contributed by atoms with Crippen molar-refractivity contribution in [3.8, 4) is 0 Å². The molecule has 4 unspecified atom stereocenters. The molecule has 1 fully saturated rings. The van der Waals surface area contributed by atoms with Crippen LogP contribution in [-0.4, -0.2) is 42.0 Å². The van der Waals surface area contributed by atoms with E-state index in [0.717, 1.165) is 32.2 Å². The van der Waals surface area contributed by atoms with E-state index < -0.39 is 6.10 Å². The zero-order valence-corrected chi connectivity index (χ0v) is 20.7. The molecule has 0 spiro atoms. The largest absolute Gasteiger partial charge is 0.390 e. The molecule has 1 aliphatic heterocycles. The summed E-state index contributed by atoms with van der Waals surface area (Å²) in [7, 11) is 0. The van der Waals surface area contributed by atoms with Crippen LogP contribution in [0, 0.1) is 11.8 Å². The summed E-state index contributed by atoms with van der Waals surface area (Å²) in [4.78, 5) is 11.7. The lowest BCUT2D eigenvalue weighted by Gasteiger charge is -2.43. The summed E-state index contributed by atoms with van der Waals surface area (Å²) in [6.07, 6.45) is 2.94. The number of fused-ring (bicyclic) bond motifs is 1. The number of hydrogen-bond acceptors (Lipinski definition) is 5. The van der Waals surface area contributed by atoms with Crippen LogP contribution in [0.1, 0.15) is 78.4 Å². The first kappa shape index (κ1) is 24.7. The summed E-state index contributed by atoms with van der Waals surface area (Å²) in [5, 5.41) is 22.3. The topological polar surface area (TPSA) is 85.8 Å². The molecule has 3 rings (SSSR count). The van der Waals surface area contributed by atoms with Crippen molar-refractivity contribution < 1.29 is 9.90 Å². The molecule has 0 bridgehead atoms. The Morgan fingerprint density at radius 1 is 1.34 bits per heavy atom. The van der Waals surface area contributed by atoms with Gasteiger partial charge in [-0.1, -0.05) is 58.9 Å². The summed E-state index contributed by atoms with van der Waals surface area (Å²) in [6.45, 7) is 13.8. The van der Waals surface area contributed by atoms with Gasteiger partial charge >= 0.3 is 0 Å². The van der Waals surface area contributed by atoms with Gasteiger partial charge in [0.05, 0.1) is 12.1 Å². The first-order valence-corrected chi connectivity index (χ1v) is 12.1. The molecule has 6 heteroatoms. The molecule has 1 saturated carbocycles. The number of nitrogens with one attached hydrogen (secondary N) is 3. The molecule has 1 aliphatic carbocycles. The van der Waals surface area contributed by atoms with Crippen LogP contribution in [0.25, 0.3) is 0 Å². The Hall–Kier alpha value is -1.92. The summed E-state index contributed by atoms with van der Waals surface area (Å²) in [5.41, 5.74) is 6.89. The van der Waals surface area contributed by atoms with Crippen LogP contribution in [0.2, 0.25) is 0 Å². The first-order valence-electron chi connectivity index (χ1n) is 12.1. The Labute approximate surface area is 193 Å². The van der Waals surface area contributed by atoms with E-state index >= 15 is 0 Å². The molecular formula is C26H42N4O2. The van der Waals surface area contributed by atoms with Crippen molar-refractivity contribution >= 4 is 11.6 Å². The molecule has 4 N–H and O–H groups in total. The van der Waals surface area contributed by atoms with Crippen LogP contribution in [0.3, 0.4) is 0 Å². The van der Waals surface area contributed by atoms with E-state index in [-0.39, 0.29) is 22.9 Å². The fourth-order valence-corrected chi connectivity index (χ4v) is 5.11. The molecule has 32 heavy (non-hydrogen) atoms. The van der Waals surface area contributed by atoms with Gasteiger partial charge in [-0.15, -0.1) is 0 Å². The number of hydrazone groups is 1. The zero-order valence-electron chi connectivity index (χ0n) is 20.7. The Morgan fingerprint density at radius 2 is 2.09 bits per heavy atom. The van der Waals surface area contributed by atoms with Crippen LogP contribution in [0.4, 0.5) is 0 Å². The highest BCUT2D eigenvalue weighted by molar-refractivity contribution is 5.89. The lowest BCUT2D eigenvalue weighted by Crippen LogP contribution is -2.54. The van der Waals surface area contributed by atoms with Crippen molar-refractivity contribution in [2.45, 2.75) is 90.3 Å². The SMILES string of the molecule is CC(=O)NC(CC(C)C)C(O)CNC1(c2cccc(C(C)(C)C)c2)CCC2=NNCC2C1. The molecule has 0 radical (unpaired) electrons. The van der Waals surface area contributed by atoms with Crippen LogP contribution in [-0.2, 0) is 15.7 Å². The van der Waals surface area contributed by atoms with Gasteiger partial charge in [0.2, 0.25) is 5.91 Å². The lowest BCUT2D eigenvalue weighted by molar-refractivity contribution is -0.120. The maximum Gasteiger partial charge on any atom is 0.217 e. The minimum absolute atomic E-state index is 0.0701. The Kier molecular flexibility index (Phi) is 7.66. The normalized spacial score (nSPS) is 25.0. The van der Waals surface area contributed by atoms with Crippen molar-refractivity contribution in [2.24, 2.45) is 16.9 Å². The van der Waals surface area contributed by atoms with Crippen molar-refractivity contribution in [1.29, 1.82) is 0 Å². The lowest BCUT2D eigenvalue weighted by atomic mass is 9.70. The third kappa shape index (κ3) is 5.90. The summed E-state index contributed by atoms with van der Waals surface area (Å²) >= 11 is 0. The number of carbonyl (C=O) groups excluding carboxylic acids is 1. The minimum Gasteiger partial charge on any atom is -0.390 e. The second-order valence-corrected chi connectivity index (χ2v) is 11.2. The second-order valence-electron chi connectivity index (χ2n) is 11.2. The number of aliphatic hydroxyl groups excluding tert-OH is 1. The molecule has 2 aliphatic rings. The van der Waals surface area contributed by atoms with E-state index in [1.54, 1.807) is 0 Å². The number of nitrogens with zero attached hydrogens (tertiary/aromatic N) is 1. The second kappa shape index (κ2) is 9.92. The predicted molar refractivity (Wildman–Crippen MR) is 131 cm³/mol. The average Bonchev–Trinajstić information content (AvgIpc) is 3.18. The Bertz CT molecular complexity index is 829. The predicted octanol–water partition coefficient (Wildman–Crippen LogP) is 3.44. The van der Waals surface area contributed by atoms with Gasteiger partial charge in [0.25, 0.3) is 0 Å². The maximum absolute atomic E-state index is 11.7. The molecule has 6 nitrogen and oxygen atoms in total. The number of aliphatic hydroxyl groups is 1. The van der Waals surface area contributed by atoms with Crippen LogP contribution >= 0.6 is 0 Å². The van der Waals surface area contributed by atoms with E-state index in [2.05, 4.69) is 80.0 Å². The van der Waals surface area contributed by atoms with Gasteiger partial charge in [-0.25, -0.2) is 0 Å². The number of amides is 1. The van der Waals surface area contributed by atoms with Crippen LogP contribution in [0.5, 0.6) is 0 Å². The third-order valence-corrected chi connectivity index (χ3v) is 6.94. The quantitative estimate of drug-likeness (QED) is 0.497. The van der Waals surface area contributed by atoms with Gasteiger partial charge in [0.1, 0.15) is 0 Å². The summed E-state index contributed by atoms with van der Waals surface area (Å²) in [5.74, 6) is 0.697. The van der Waals surface area contributed by atoms with E-state index in [1.807, 2.05) is 0 Å². The monoisotopic (exact) mass is 442 g/mol. The summed E-state index contributed by atoms with van der Waals surface area (Å²) < 4.78 is 0. The molecule has 0 saturated heterocycles.